The molecule has 108 valence electrons. The standard InChI is InChI=1S/C14H14BrN5O/c15-14-11-4-5-16-8-12(11)20(18-14)10-7-17-19(9-10)13-3-1-2-6-21-13/h4-5,7-9,13H,1-3,6H2. The average Bonchev–Trinajstić information content (AvgIpc) is 3.14. The summed E-state index contributed by atoms with van der Waals surface area (Å²) in [6, 6.07) is 1.94. The second-order valence-corrected chi connectivity index (χ2v) is 5.85. The molecule has 21 heavy (non-hydrogen) atoms. The minimum atomic E-state index is 0.0379. The zero-order valence-electron chi connectivity index (χ0n) is 11.3. The minimum Gasteiger partial charge on any atom is -0.357 e. The number of ether oxygens (including phenoxy) is 1. The summed E-state index contributed by atoms with van der Waals surface area (Å²) in [5.41, 5.74) is 1.86. The predicted molar refractivity (Wildman–Crippen MR) is 81.2 cm³/mol. The Hall–Kier alpha value is -1.73. The fourth-order valence-electron chi connectivity index (χ4n) is 2.65. The van der Waals surface area contributed by atoms with Gasteiger partial charge in [-0.3, -0.25) is 4.98 Å². The van der Waals surface area contributed by atoms with Crippen LogP contribution in [0.25, 0.3) is 16.6 Å². The number of fused-ring (bicyclic) bond motifs is 1. The fraction of sp³-hybridized carbons (Fsp3) is 0.357. The molecular weight excluding hydrogens is 334 g/mol. The average molecular weight is 348 g/mol. The first-order chi connectivity index (χ1) is 10.3. The number of pyridine rings is 1. The van der Waals surface area contributed by atoms with Crippen molar-refractivity contribution >= 4 is 26.8 Å². The van der Waals surface area contributed by atoms with Crippen LogP contribution in [0.15, 0.2) is 35.5 Å². The summed E-state index contributed by atoms with van der Waals surface area (Å²) < 4.78 is 10.3. The van der Waals surface area contributed by atoms with Gasteiger partial charge in [-0.15, -0.1) is 0 Å². The molecule has 3 aromatic rings. The van der Waals surface area contributed by atoms with Gasteiger partial charge in [0.05, 0.1) is 24.1 Å². The lowest BCUT2D eigenvalue weighted by Crippen LogP contribution is -2.18. The summed E-state index contributed by atoms with van der Waals surface area (Å²) in [5.74, 6) is 0. The first-order valence-corrected chi connectivity index (χ1v) is 7.76. The van der Waals surface area contributed by atoms with Gasteiger partial charge in [-0.1, -0.05) is 0 Å². The van der Waals surface area contributed by atoms with Gasteiger partial charge < -0.3 is 4.74 Å². The second kappa shape index (κ2) is 5.23. The second-order valence-electron chi connectivity index (χ2n) is 5.10. The highest BCUT2D eigenvalue weighted by atomic mass is 79.9. The van der Waals surface area contributed by atoms with Gasteiger partial charge in [0.15, 0.2) is 0 Å². The maximum absolute atomic E-state index is 5.76. The Morgan fingerprint density at radius 1 is 1.29 bits per heavy atom. The Kier molecular flexibility index (Phi) is 3.23. The van der Waals surface area contributed by atoms with Crippen LogP contribution in [0.2, 0.25) is 0 Å². The van der Waals surface area contributed by atoms with E-state index >= 15 is 0 Å². The highest BCUT2D eigenvalue weighted by Gasteiger charge is 2.18. The molecule has 1 unspecified atom stereocenters. The molecule has 0 N–H and O–H groups in total. The number of halogens is 1. The predicted octanol–water partition coefficient (Wildman–Crippen LogP) is 3.08. The number of hydrogen-bond donors (Lipinski definition) is 0. The molecule has 0 aliphatic carbocycles. The van der Waals surface area contributed by atoms with Gasteiger partial charge in [0.25, 0.3) is 0 Å². The van der Waals surface area contributed by atoms with E-state index in [0.29, 0.717) is 0 Å². The molecule has 0 spiro atoms. The Labute approximate surface area is 129 Å². The molecule has 0 aromatic carbocycles. The molecule has 1 aliphatic heterocycles. The molecule has 0 saturated carbocycles. The molecule has 1 saturated heterocycles. The fourth-order valence-corrected chi connectivity index (χ4v) is 3.14. The third-order valence-electron chi connectivity index (χ3n) is 3.72. The van der Waals surface area contributed by atoms with Crippen LogP contribution in [-0.4, -0.2) is 31.2 Å². The molecular formula is C14H14BrN5O. The molecule has 1 atom stereocenters. The summed E-state index contributed by atoms with van der Waals surface area (Å²) in [4.78, 5) is 4.18. The lowest BCUT2D eigenvalue weighted by atomic mass is 10.2. The van der Waals surface area contributed by atoms with E-state index in [0.717, 1.165) is 40.6 Å². The van der Waals surface area contributed by atoms with E-state index in [9.17, 15) is 0 Å². The summed E-state index contributed by atoms with van der Waals surface area (Å²) >= 11 is 3.49. The topological polar surface area (TPSA) is 57.8 Å². The summed E-state index contributed by atoms with van der Waals surface area (Å²) in [7, 11) is 0. The van der Waals surface area contributed by atoms with E-state index in [-0.39, 0.29) is 6.23 Å². The van der Waals surface area contributed by atoms with E-state index in [1.54, 1.807) is 6.20 Å². The van der Waals surface area contributed by atoms with Crippen LogP contribution in [0.3, 0.4) is 0 Å². The van der Waals surface area contributed by atoms with Crippen molar-refractivity contribution in [2.75, 3.05) is 6.61 Å². The molecule has 0 bridgehead atoms. The van der Waals surface area contributed by atoms with Gasteiger partial charge in [-0.05, 0) is 41.3 Å². The number of rotatable bonds is 2. The van der Waals surface area contributed by atoms with Gasteiger partial charge in [0, 0.05) is 18.2 Å². The van der Waals surface area contributed by atoms with Crippen LogP contribution in [0, 0.1) is 0 Å². The Morgan fingerprint density at radius 2 is 2.24 bits per heavy atom. The lowest BCUT2D eigenvalue weighted by Gasteiger charge is -2.22. The van der Waals surface area contributed by atoms with Crippen molar-refractivity contribution in [1.82, 2.24) is 24.5 Å². The van der Waals surface area contributed by atoms with Gasteiger partial charge in [-0.25, -0.2) is 9.36 Å². The SMILES string of the molecule is Brc1nn(-c2cnn(C3CCCCO3)c2)c2cnccc12. The van der Waals surface area contributed by atoms with Crippen LogP contribution in [-0.2, 0) is 4.74 Å². The van der Waals surface area contributed by atoms with Crippen LogP contribution in [0.1, 0.15) is 25.5 Å². The Balaban J connectivity index is 1.74. The zero-order valence-corrected chi connectivity index (χ0v) is 12.9. The molecule has 0 amide bonds. The molecule has 7 heteroatoms. The van der Waals surface area contributed by atoms with Crippen molar-refractivity contribution in [2.24, 2.45) is 0 Å². The molecule has 6 nitrogen and oxygen atoms in total. The normalized spacial score (nSPS) is 19.2. The monoisotopic (exact) mass is 347 g/mol. The van der Waals surface area contributed by atoms with Crippen molar-refractivity contribution in [3.63, 3.8) is 0 Å². The number of aromatic nitrogens is 5. The maximum atomic E-state index is 5.76. The minimum absolute atomic E-state index is 0.0379. The summed E-state index contributed by atoms with van der Waals surface area (Å²) in [6.07, 6.45) is 10.7. The quantitative estimate of drug-likeness (QED) is 0.714. The van der Waals surface area contributed by atoms with Crippen molar-refractivity contribution in [1.29, 1.82) is 0 Å². The molecule has 1 aliphatic rings. The Bertz CT molecular complexity index is 775. The lowest BCUT2D eigenvalue weighted by molar-refractivity contribution is -0.0394. The van der Waals surface area contributed by atoms with Crippen molar-refractivity contribution in [3.05, 3.63) is 35.5 Å². The van der Waals surface area contributed by atoms with Gasteiger partial charge >= 0.3 is 0 Å². The number of hydrogen-bond acceptors (Lipinski definition) is 4. The molecule has 0 radical (unpaired) electrons. The van der Waals surface area contributed by atoms with Gasteiger partial charge in [-0.2, -0.15) is 10.2 Å². The first kappa shape index (κ1) is 13.0. The summed E-state index contributed by atoms with van der Waals surface area (Å²) in [6.45, 7) is 0.806. The van der Waals surface area contributed by atoms with Crippen molar-refractivity contribution < 1.29 is 4.74 Å². The van der Waals surface area contributed by atoms with Crippen molar-refractivity contribution in [2.45, 2.75) is 25.5 Å². The first-order valence-electron chi connectivity index (χ1n) is 6.97. The van der Waals surface area contributed by atoms with Crippen LogP contribution >= 0.6 is 15.9 Å². The molecule has 4 rings (SSSR count). The Morgan fingerprint density at radius 3 is 3.10 bits per heavy atom. The van der Waals surface area contributed by atoms with Gasteiger partial charge in [0.2, 0.25) is 0 Å². The van der Waals surface area contributed by atoms with Gasteiger partial charge in [0.1, 0.15) is 16.5 Å². The van der Waals surface area contributed by atoms with E-state index < -0.39 is 0 Å². The smallest absolute Gasteiger partial charge is 0.150 e. The van der Waals surface area contributed by atoms with E-state index in [1.165, 1.54) is 6.42 Å². The van der Waals surface area contributed by atoms with Crippen LogP contribution in [0.5, 0.6) is 0 Å². The summed E-state index contributed by atoms with van der Waals surface area (Å²) in [5, 5.41) is 9.98. The largest absolute Gasteiger partial charge is 0.357 e. The van der Waals surface area contributed by atoms with E-state index in [2.05, 4.69) is 31.1 Å². The molecule has 3 aromatic heterocycles. The van der Waals surface area contributed by atoms with E-state index in [1.807, 2.05) is 34.0 Å². The van der Waals surface area contributed by atoms with E-state index in [4.69, 9.17) is 4.74 Å². The highest BCUT2D eigenvalue weighted by molar-refractivity contribution is 9.10. The number of nitrogens with zero attached hydrogens (tertiary/aromatic N) is 5. The molecule has 4 heterocycles. The van der Waals surface area contributed by atoms with Crippen LogP contribution in [0.4, 0.5) is 0 Å². The molecule has 1 fully saturated rings. The third kappa shape index (κ3) is 2.26. The third-order valence-corrected chi connectivity index (χ3v) is 4.31. The van der Waals surface area contributed by atoms with Crippen molar-refractivity contribution in [3.8, 4) is 5.69 Å². The zero-order chi connectivity index (χ0) is 14.2. The maximum Gasteiger partial charge on any atom is 0.150 e. The highest BCUT2D eigenvalue weighted by Crippen LogP contribution is 2.26. The van der Waals surface area contributed by atoms with Crippen LogP contribution < -0.4 is 0 Å².